The van der Waals surface area contributed by atoms with Crippen molar-refractivity contribution in [1.29, 1.82) is 0 Å². The Hall–Kier alpha value is -1.95. The van der Waals surface area contributed by atoms with Crippen molar-refractivity contribution in [3.05, 3.63) is 34.0 Å². The van der Waals surface area contributed by atoms with Crippen molar-refractivity contribution in [3.63, 3.8) is 0 Å². The van der Waals surface area contributed by atoms with E-state index in [2.05, 4.69) is 46.0 Å². The van der Waals surface area contributed by atoms with Crippen LogP contribution in [0.3, 0.4) is 0 Å². The first-order valence-corrected chi connectivity index (χ1v) is 8.13. The van der Waals surface area contributed by atoms with E-state index in [9.17, 15) is 0 Å². The van der Waals surface area contributed by atoms with E-state index < -0.39 is 0 Å². The van der Waals surface area contributed by atoms with Gasteiger partial charge in [-0.2, -0.15) is 10.1 Å². The van der Waals surface area contributed by atoms with Crippen molar-refractivity contribution < 1.29 is 4.74 Å². The molecule has 1 unspecified atom stereocenters. The maximum absolute atomic E-state index is 6.01. The average Bonchev–Trinajstić information content (AvgIpc) is 3.01. The van der Waals surface area contributed by atoms with Gasteiger partial charge in [0.15, 0.2) is 0 Å². The molecule has 2 aromatic rings. The van der Waals surface area contributed by atoms with E-state index in [1.165, 1.54) is 11.3 Å². The van der Waals surface area contributed by atoms with Gasteiger partial charge >= 0.3 is 0 Å². The van der Waals surface area contributed by atoms with E-state index in [0.717, 1.165) is 54.6 Å². The molecule has 23 heavy (non-hydrogen) atoms. The van der Waals surface area contributed by atoms with Gasteiger partial charge < -0.3 is 9.64 Å². The van der Waals surface area contributed by atoms with E-state index >= 15 is 0 Å². The molecule has 0 fully saturated rings. The molecule has 0 saturated heterocycles. The molecule has 0 spiro atoms. The Morgan fingerprint density at radius 2 is 1.96 bits per heavy atom. The topological polar surface area (TPSA) is 66.9 Å². The molecule has 3 heterocycles. The second-order valence-electron chi connectivity index (χ2n) is 6.51. The number of H-pyrrole nitrogens is 1. The van der Waals surface area contributed by atoms with E-state index in [0.29, 0.717) is 0 Å². The van der Waals surface area contributed by atoms with Gasteiger partial charge in [-0.3, -0.25) is 5.10 Å². The summed E-state index contributed by atoms with van der Waals surface area (Å²) in [7, 11) is 2.14. The van der Waals surface area contributed by atoms with Gasteiger partial charge in [0.2, 0.25) is 5.88 Å². The average molecular weight is 315 g/mol. The largest absolute Gasteiger partial charge is 0.472 e. The summed E-state index contributed by atoms with van der Waals surface area (Å²) < 4.78 is 6.01. The smallest absolute Gasteiger partial charge is 0.220 e. The van der Waals surface area contributed by atoms with Gasteiger partial charge in [-0.05, 0) is 46.7 Å². The summed E-state index contributed by atoms with van der Waals surface area (Å²) in [6, 6.07) is 0. The van der Waals surface area contributed by atoms with Crippen molar-refractivity contribution in [2.45, 2.75) is 46.6 Å². The van der Waals surface area contributed by atoms with Crippen molar-refractivity contribution in [2.24, 2.45) is 0 Å². The first kappa shape index (κ1) is 15.9. The van der Waals surface area contributed by atoms with E-state index in [-0.39, 0.29) is 6.10 Å². The van der Waals surface area contributed by atoms with Crippen LogP contribution in [0.4, 0.5) is 0 Å². The third-order valence-electron chi connectivity index (χ3n) is 4.54. The molecular formula is C17H25N5O. The highest BCUT2D eigenvalue weighted by Gasteiger charge is 2.27. The Balaban J connectivity index is 1.56. The zero-order valence-corrected chi connectivity index (χ0v) is 14.6. The summed E-state index contributed by atoms with van der Waals surface area (Å²) in [4.78, 5) is 11.2. The van der Waals surface area contributed by atoms with Gasteiger partial charge in [0.1, 0.15) is 11.9 Å². The Morgan fingerprint density at radius 1 is 1.17 bits per heavy atom. The number of likely N-dealkylation sites (N-methyl/N-ethyl adjacent to an activating group) is 1. The summed E-state index contributed by atoms with van der Waals surface area (Å²) in [5.74, 6) is 1.55. The lowest BCUT2D eigenvalue weighted by molar-refractivity contribution is 0.165. The van der Waals surface area contributed by atoms with Crippen LogP contribution >= 0.6 is 0 Å². The lowest BCUT2D eigenvalue weighted by Gasteiger charge is -2.20. The molecule has 1 N–H and O–H groups in total. The zero-order chi connectivity index (χ0) is 16.6. The highest BCUT2D eigenvalue weighted by atomic mass is 16.5. The van der Waals surface area contributed by atoms with Gasteiger partial charge in [0, 0.05) is 36.5 Å². The van der Waals surface area contributed by atoms with Gasteiger partial charge in [0.05, 0.1) is 5.69 Å². The van der Waals surface area contributed by atoms with Crippen LogP contribution in [-0.2, 0) is 12.8 Å². The predicted molar refractivity (Wildman–Crippen MR) is 88.9 cm³/mol. The molecular weight excluding hydrogens is 290 g/mol. The number of fused-ring (bicyclic) bond motifs is 1. The fourth-order valence-corrected chi connectivity index (χ4v) is 3.25. The maximum atomic E-state index is 6.01. The fourth-order valence-electron chi connectivity index (χ4n) is 3.25. The van der Waals surface area contributed by atoms with Crippen molar-refractivity contribution in [3.8, 4) is 5.88 Å². The number of aromatic nitrogens is 4. The van der Waals surface area contributed by atoms with Gasteiger partial charge in [-0.15, -0.1) is 0 Å². The summed E-state index contributed by atoms with van der Waals surface area (Å²) in [5.41, 5.74) is 5.80. The molecule has 0 amide bonds. The van der Waals surface area contributed by atoms with Gasteiger partial charge in [-0.1, -0.05) is 0 Å². The van der Waals surface area contributed by atoms with E-state index in [1.807, 2.05) is 13.8 Å². The Morgan fingerprint density at radius 3 is 2.65 bits per heavy atom. The quantitative estimate of drug-likeness (QED) is 0.913. The number of aromatic amines is 1. The minimum atomic E-state index is 0.163. The maximum Gasteiger partial charge on any atom is 0.220 e. The van der Waals surface area contributed by atoms with Crippen molar-refractivity contribution in [2.75, 3.05) is 20.1 Å². The Labute approximate surface area is 137 Å². The fraction of sp³-hybridized carbons (Fsp3) is 0.588. The highest BCUT2D eigenvalue weighted by Crippen LogP contribution is 2.28. The SMILES string of the molecule is Cc1nc(C)c2c(n1)OC(CN(C)CCc1c(C)n[nH]c1C)C2. The Bertz CT molecular complexity index is 690. The molecule has 0 aliphatic carbocycles. The Kier molecular flexibility index (Phi) is 4.35. The summed E-state index contributed by atoms with van der Waals surface area (Å²) in [5, 5.41) is 7.31. The number of nitrogens with one attached hydrogen (secondary N) is 1. The molecule has 0 radical (unpaired) electrons. The number of rotatable bonds is 5. The zero-order valence-electron chi connectivity index (χ0n) is 14.6. The highest BCUT2D eigenvalue weighted by molar-refractivity contribution is 5.34. The molecule has 3 rings (SSSR count). The number of aryl methyl sites for hydroxylation is 4. The summed E-state index contributed by atoms with van der Waals surface area (Å²) >= 11 is 0. The summed E-state index contributed by atoms with van der Waals surface area (Å²) in [6.07, 6.45) is 2.06. The van der Waals surface area contributed by atoms with Crippen LogP contribution in [0.15, 0.2) is 0 Å². The molecule has 0 bridgehead atoms. The molecule has 1 atom stereocenters. The van der Waals surface area contributed by atoms with Gasteiger partial charge in [0.25, 0.3) is 0 Å². The predicted octanol–water partition coefficient (Wildman–Crippen LogP) is 1.91. The lowest BCUT2D eigenvalue weighted by atomic mass is 10.1. The molecule has 6 nitrogen and oxygen atoms in total. The van der Waals surface area contributed by atoms with Crippen molar-refractivity contribution in [1.82, 2.24) is 25.1 Å². The van der Waals surface area contributed by atoms with Crippen LogP contribution in [0, 0.1) is 27.7 Å². The molecule has 1 aliphatic heterocycles. The number of ether oxygens (including phenoxy) is 1. The molecule has 2 aromatic heterocycles. The normalized spacial score (nSPS) is 16.7. The first-order chi connectivity index (χ1) is 10.9. The van der Waals surface area contributed by atoms with Crippen LogP contribution in [0.5, 0.6) is 5.88 Å². The molecule has 6 heteroatoms. The van der Waals surface area contributed by atoms with Crippen LogP contribution < -0.4 is 4.74 Å². The first-order valence-electron chi connectivity index (χ1n) is 8.13. The van der Waals surface area contributed by atoms with Crippen LogP contribution in [0.25, 0.3) is 0 Å². The number of nitrogens with zero attached hydrogens (tertiary/aromatic N) is 4. The third kappa shape index (κ3) is 3.37. The second-order valence-corrected chi connectivity index (χ2v) is 6.51. The minimum Gasteiger partial charge on any atom is -0.472 e. The number of hydrogen-bond acceptors (Lipinski definition) is 5. The van der Waals surface area contributed by atoms with Crippen LogP contribution in [0.2, 0.25) is 0 Å². The molecule has 124 valence electrons. The van der Waals surface area contributed by atoms with Crippen LogP contribution in [-0.4, -0.2) is 51.3 Å². The van der Waals surface area contributed by atoms with E-state index in [4.69, 9.17) is 4.74 Å². The van der Waals surface area contributed by atoms with Crippen LogP contribution in [0.1, 0.15) is 34.0 Å². The lowest BCUT2D eigenvalue weighted by Crippen LogP contribution is -2.33. The summed E-state index contributed by atoms with van der Waals surface area (Å²) in [6.45, 7) is 9.96. The van der Waals surface area contributed by atoms with E-state index in [1.54, 1.807) is 0 Å². The standard InChI is InChI=1S/C17H25N5O/c1-10-16-8-14(23-17(16)19-13(4)18-10)9-22(5)7-6-15-11(2)20-21-12(15)3/h14H,6-9H2,1-5H3,(H,20,21). The van der Waals surface area contributed by atoms with Gasteiger partial charge in [-0.25, -0.2) is 4.98 Å². The molecule has 0 aromatic carbocycles. The van der Waals surface area contributed by atoms with Crippen molar-refractivity contribution >= 4 is 0 Å². The minimum absolute atomic E-state index is 0.163. The second kappa shape index (κ2) is 6.28. The third-order valence-corrected chi connectivity index (χ3v) is 4.54. The molecule has 0 saturated carbocycles. The number of hydrogen-bond donors (Lipinski definition) is 1. The monoisotopic (exact) mass is 315 g/mol. The molecule has 1 aliphatic rings.